The zero-order valence-corrected chi connectivity index (χ0v) is 14.1. The zero-order valence-electron chi connectivity index (χ0n) is 13.3. The number of carboxylic acid groups (broad SMARTS) is 1. The van der Waals surface area contributed by atoms with E-state index < -0.39 is 28.4 Å². The van der Waals surface area contributed by atoms with Crippen molar-refractivity contribution in [2.45, 2.75) is 49.1 Å². The number of nitrogens with one attached hydrogen (secondary N) is 1. The van der Waals surface area contributed by atoms with E-state index >= 15 is 0 Å². The van der Waals surface area contributed by atoms with Gasteiger partial charge in [-0.2, -0.15) is 0 Å². The Morgan fingerprint density at radius 2 is 2.00 bits per heavy atom. The van der Waals surface area contributed by atoms with Gasteiger partial charge in [-0.05, 0) is 5.56 Å². The van der Waals surface area contributed by atoms with Crippen LogP contribution in [0.3, 0.4) is 0 Å². The summed E-state index contributed by atoms with van der Waals surface area (Å²) >= 11 is 1.20. The Morgan fingerprint density at radius 1 is 1.39 bits per heavy atom. The van der Waals surface area contributed by atoms with Crippen molar-refractivity contribution in [2.24, 2.45) is 5.73 Å². The number of aliphatic hydroxyl groups is 1. The standard InChI is InChI=1S/C16H24N2O4S/c1-16(2,9-14(21)22)23-15(17)12(10-19)18-13(20)8-11-6-4-3-5-7-11/h3-7,10,12-13,15,18,20H,8-9,17H2,1-2H3,(H,21,22)/t12-,13?,15?/m1/s1. The molecule has 1 rings (SSSR count). The lowest BCUT2D eigenvalue weighted by Crippen LogP contribution is -2.50. The van der Waals surface area contributed by atoms with Crippen LogP contribution < -0.4 is 11.1 Å². The number of carbonyl (C=O) groups is 2. The van der Waals surface area contributed by atoms with Gasteiger partial charge in [-0.3, -0.25) is 10.1 Å². The van der Waals surface area contributed by atoms with Crippen molar-refractivity contribution in [1.82, 2.24) is 5.32 Å². The lowest BCUT2D eigenvalue weighted by Gasteiger charge is -2.30. The SMILES string of the molecule is CC(C)(CC(=O)O)SC(N)[C@@H](C=O)NC(O)Cc1ccccc1. The number of rotatable bonds is 10. The van der Waals surface area contributed by atoms with Crippen LogP contribution in [-0.2, 0) is 16.0 Å². The smallest absolute Gasteiger partial charge is 0.304 e. The minimum Gasteiger partial charge on any atom is -0.481 e. The van der Waals surface area contributed by atoms with Crippen LogP contribution in [0.25, 0.3) is 0 Å². The van der Waals surface area contributed by atoms with E-state index in [1.165, 1.54) is 11.8 Å². The molecule has 128 valence electrons. The lowest BCUT2D eigenvalue weighted by molar-refractivity contribution is -0.137. The van der Waals surface area contributed by atoms with Gasteiger partial charge >= 0.3 is 5.97 Å². The van der Waals surface area contributed by atoms with E-state index in [4.69, 9.17) is 10.8 Å². The Bertz CT molecular complexity index is 510. The third kappa shape index (κ3) is 7.60. The van der Waals surface area contributed by atoms with Gasteiger partial charge in [0, 0.05) is 11.2 Å². The molecule has 1 aromatic carbocycles. The molecule has 1 aromatic rings. The highest BCUT2D eigenvalue weighted by Gasteiger charge is 2.30. The molecule has 0 fully saturated rings. The Balaban J connectivity index is 2.58. The van der Waals surface area contributed by atoms with Gasteiger partial charge in [-0.25, -0.2) is 0 Å². The summed E-state index contributed by atoms with van der Waals surface area (Å²) in [5, 5.41) is 21.1. The second-order valence-corrected chi connectivity index (χ2v) is 7.83. The first-order valence-corrected chi connectivity index (χ1v) is 8.20. The molecule has 0 amide bonds. The molecule has 7 heteroatoms. The summed E-state index contributed by atoms with van der Waals surface area (Å²) in [6.07, 6.45) is 0.00897. The van der Waals surface area contributed by atoms with Crippen molar-refractivity contribution in [1.29, 1.82) is 0 Å². The van der Waals surface area contributed by atoms with E-state index in [9.17, 15) is 14.7 Å². The van der Waals surface area contributed by atoms with Crippen molar-refractivity contribution in [3.63, 3.8) is 0 Å². The fourth-order valence-corrected chi connectivity index (χ4v) is 3.41. The molecule has 23 heavy (non-hydrogen) atoms. The van der Waals surface area contributed by atoms with Crippen LogP contribution in [0, 0.1) is 0 Å². The number of carbonyl (C=O) groups excluding carboxylic acids is 1. The summed E-state index contributed by atoms with van der Waals surface area (Å²) < 4.78 is -0.613. The molecule has 0 heterocycles. The fraction of sp³-hybridized carbons (Fsp3) is 0.500. The van der Waals surface area contributed by atoms with Crippen molar-refractivity contribution >= 4 is 24.0 Å². The van der Waals surface area contributed by atoms with Gasteiger partial charge in [0.1, 0.15) is 12.5 Å². The summed E-state index contributed by atoms with van der Waals surface area (Å²) in [6, 6.07) is 8.61. The molecule has 0 aliphatic carbocycles. The highest BCUT2D eigenvalue weighted by Crippen LogP contribution is 2.31. The molecular formula is C16H24N2O4S. The van der Waals surface area contributed by atoms with E-state index in [0.717, 1.165) is 5.56 Å². The number of aldehydes is 1. The second kappa shape index (κ2) is 9.02. The van der Waals surface area contributed by atoms with Gasteiger partial charge in [-0.15, -0.1) is 11.8 Å². The summed E-state index contributed by atoms with van der Waals surface area (Å²) in [5.74, 6) is -0.922. The van der Waals surface area contributed by atoms with Crippen LogP contribution in [0.5, 0.6) is 0 Å². The maximum atomic E-state index is 11.3. The van der Waals surface area contributed by atoms with Crippen LogP contribution in [0.4, 0.5) is 0 Å². The van der Waals surface area contributed by atoms with E-state index in [0.29, 0.717) is 12.7 Å². The number of aliphatic carboxylic acids is 1. The van der Waals surface area contributed by atoms with Crippen molar-refractivity contribution < 1.29 is 19.8 Å². The third-order valence-corrected chi connectivity index (χ3v) is 4.54. The minimum atomic E-state index is -0.922. The van der Waals surface area contributed by atoms with Crippen LogP contribution >= 0.6 is 11.8 Å². The second-order valence-electron chi connectivity index (χ2n) is 5.95. The molecule has 0 bridgehead atoms. The maximum Gasteiger partial charge on any atom is 0.304 e. The molecular weight excluding hydrogens is 316 g/mol. The number of nitrogens with two attached hydrogens (primary N) is 1. The number of carboxylic acids is 1. The zero-order chi connectivity index (χ0) is 17.5. The Labute approximate surface area is 140 Å². The molecule has 5 N–H and O–H groups in total. The molecule has 2 unspecified atom stereocenters. The maximum absolute atomic E-state index is 11.3. The highest BCUT2D eigenvalue weighted by atomic mass is 32.2. The molecule has 0 saturated heterocycles. The van der Waals surface area contributed by atoms with E-state index in [1.54, 1.807) is 13.8 Å². The summed E-state index contributed by atoms with van der Waals surface area (Å²) in [4.78, 5) is 22.1. The molecule has 0 aliphatic rings. The number of thioether (sulfide) groups is 1. The fourth-order valence-electron chi connectivity index (χ4n) is 2.18. The predicted molar refractivity (Wildman–Crippen MR) is 91.0 cm³/mol. The third-order valence-electron chi connectivity index (χ3n) is 3.19. The van der Waals surface area contributed by atoms with Gasteiger partial charge in [0.15, 0.2) is 0 Å². The van der Waals surface area contributed by atoms with E-state index in [2.05, 4.69) is 5.32 Å². The first-order valence-electron chi connectivity index (χ1n) is 7.32. The van der Waals surface area contributed by atoms with Crippen LogP contribution in [0.2, 0.25) is 0 Å². The Hall–Kier alpha value is -1.41. The monoisotopic (exact) mass is 340 g/mol. The number of aliphatic hydroxyl groups excluding tert-OH is 1. The molecule has 0 saturated carbocycles. The quantitative estimate of drug-likeness (QED) is 0.371. The molecule has 3 atom stereocenters. The first kappa shape index (κ1) is 19.6. The van der Waals surface area contributed by atoms with E-state index in [-0.39, 0.29) is 6.42 Å². The molecule has 0 radical (unpaired) electrons. The van der Waals surface area contributed by atoms with Crippen molar-refractivity contribution in [3.8, 4) is 0 Å². The normalized spacial score (nSPS) is 15.7. The molecule has 0 spiro atoms. The van der Waals surface area contributed by atoms with Crippen LogP contribution in [0.15, 0.2) is 30.3 Å². The summed E-state index contributed by atoms with van der Waals surface area (Å²) in [6.45, 7) is 3.52. The van der Waals surface area contributed by atoms with Gasteiger partial charge in [0.25, 0.3) is 0 Å². The van der Waals surface area contributed by atoms with Gasteiger partial charge in [-0.1, -0.05) is 44.2 Å². The molecule has 6 nitrogen and oxygen atoms in total. The molecule has 0 aliphatic heterocycles. The van der Waals surface area contributed by atoms with E-state index in [1.807, 2.05) is 30.3 Å². The summed E-state index contributed by atoms with van der Waals surface area (Å²) in [5.41, 5.74) is 6.93. The van der Waals surface area contributed by atoms with Crippen LogP contribution in [-0.4, -0.2) is 44.9 Å². The molecule has 0 aromatic heterocycles. The van der Waals surface area contributed by atoms with Crippen molar-refractivity contribution in [2.75, 3.05) is 0 Å². The van der Waals surface area contributed by atoms with Gasteiger partial charge in [0.2, 0.25) is 0 Å². The number of hydrogen-bond donors (Lipinski definition) is 4. The topological polar surface area (TPSA) is 113 Å². The summed E-state index contributed by atoms with van der Waals surface area (Å²) in [7, 11) is 0. The van der Waals surface area contributed by atoms with Crippen molar-refractivity contribution in [3.05, 3.63) is 35.9 Å². The predicted octanol–water partition coefficient (Wildman–Crippen LogP) is 0.976. The number of benzene rings is 1. The van der Waals surface area contributed by atoms with Gasteiger partial charge < -0.3 is 20.7 Å². The Kier molecular flexibility index (Phi) is 7.70. The highest BCUT2D eigenvalue weighted by molar-refractivity contribution is 8.01. The minimum absolute atomic E-state index is 0.0660. The lowest BCUT2D eigenvalue weighted by atomic mass is 10.1. The largest absolute Gasteiger partial charge is 0.481 e. The van der Waals surface area contributed by atoms with Gasteiger partial charge in [0.05, 0.1) is 17.8 Å². The Morgan fingerprint density at radius 3 is 2.52 bits per heavy atom. The number of hydrogen-bond acceptors (Lipinski definition) is 6. The first-order chi connectivity index (χ1) is 10.7. The van der Waals surface area contributed by atoms with Crippen LogP contribution in [0.1, 0.15) is 25.8 Å². The average molecular weight is 340 g/mol. The average Bonchev–Trinajstić information content (AvgIpc) is 2.43.